The number of ether oxygens (including phenoxy) is 2. The molecule has 1 aliphatic carbocycles. The monoisotopic (exact) mass is 376 g/mol. The van der Waals surface area contributed by atoms with E-state index < -0.39 is 18.0 Å². The van der Waals surface area contributed by atoms with Gasteiger partial charge in [-0.1, -0.05) is 19.8 Å². The van der Waals surface area contributed by atoms with E-state index in [-0.39, 0.29) is 18.5 Å². The van der Waals surface area contributed by atoms with Crippen LogP contribution in [0.25, 0.3) is 0 Å². The Morgan fingerprint density at radius 3 is 2.44 bits per heavy atom. The summed E-state index contributed by atoms with van der Waals surface area (Å²) in [4.78, 5) is 36.2. The number of hydrogen-bond donors (Lipinski definition) is 2. The van der Waals surface area contributed by atoms with E-state index in [0.29, 0.717) is 17.2 Å². The molecule has 1 saturated carbocycles. The Bertz CT molecular complexity index is 659. The first-order valence-electron chi connectivity index (χ1n) is 9.32. The van der Waals surface area contributed by atoms with E-state index >= 15 is 0 Å². The number of rotatable bonds is 7. The van der Waals surface area contributed by atoms with Crippen LogP contribution < -0.4 is 15.4 Å². The molecule has 0 saturated heterocycles. The fourth-order valence-electron chi connectivity index (χ4n) is 3.12. The zero-order valence-corrected chi connectivity index (χ0v) is 16.1. The van der Waals surface area contributed by atoms with Gasteiger partial charge in [-0.05, 0) is 49.9 Å². The molecule has 2 rings (SSSR count). The predicted octanol–water partition coefficient (Wildman–Crippen LogP) is 2.05. The van der Waals surface area contributed by atoms with Gasteiger partial charge in [0.1, 0.15) is 12.3 Å². The van der Waals surface area contributed by atoms with Gasteiger partial charge in [-0.15, -0.1) is 0 Å². The maximum absolute atomic E-state index is 12.2. The van der Waals surface area contributed by atoms with Crippen molar-refractivity contribution in [3.05, 3.63) is 29.8 Å². The van der Waals surface area contributed by atoms with Crippen molar-refractivity contribution in [1.29, 1.82) is 0 Å². The van der Waals surface area contributed by atoms with Crippen molar-refractivity contribution in [2.75, 3.05) is 13.7 Å². The van der Waals surface area contributed by atoms with Gasteiger partial charge >= 0.3 is 5.97 Å². The van der Waals surface area contributed by atoms with Crippen LogP contribution in [0.4, 0.5) is 0 Å². The maximum atomic E-state index is 12.2. The predicted molar refractivity (Wildman–Crippen MR) is 100 cm³/mol. The summed E-state index contributed by atoms with van der Waals surface area (Å²) < 4.78 is 10.2. The summed E-state index contributed by atoms with van der Waals surface area (Å²) in [5.74, 6) is -0.296. The van der Waals surface area contributed by atoms with E-state index in [0.717, 1.165) is 19.3 Å². The number of benzene rings is 1. The highest BCUT2D eigenvalue weighted by Crippen LogP contribution is 2.23. The van der Waals surface area contributed by atoms with Gasteiger partial charge in [0.2, 0.25) is 0 Å². The first-order chi connectivity index (χ1) is 12.9. The lowest BCUT2D eigenvalue weighted by atomic mass is 9.86. The number of hydrogen-bond acceptors (Lipinski definition) is 5. The highest BCUT2D eigenvalue weighted by Gasteiger charge is 2.26. The molecule has 148 valence electrons. The first-order valence-corrected chi connectivity index (χ1v) is 9.32. The molecule has 0 aliphatic heterocycles. The minimum Gasteiger partial charge on any atom is -0.497 e. The van der Waals surface area contributed by atoms with Crippen LogP contribution in [0.3, 0.4) is 0 Å². The van der Waals surface area contributed by atoms with E-state index in [4.69, 9.17) is 9.47 Å². The fraction of sp³-hybridized carbons (Fsp3) is 0.550. The molecule has 1 fully saturated rings. The summed E-state index contributed by atoms with van der Waals surface area (Å²) in [6.07, 6.45) is 3.43. The Morgan fingerprint density at radius 2 is 1.81 bits per heavy atom. The molecule has 3 atom stereocenters. The van der Waals surface area contributed by atoms with Crippen molar-refractivity contribution in [2.45, 2.75) is 51.7 Å². The molecule has 0 heterocycles. The molecule has 7 nitrogen and oxygen atoms in total. The normalized spacial score (nSPS) is 20.3. The minimum atomic E-state index is -0.899. The van der Waals surface area contributed by atoms with Crippen LogP contribution in [0.5, 0.6) is 5.75 Å². The van der Waals surface area contributed by atoms with Crippen molar-refractivity contribution in [2.24, 2.45) is 5.92 Å². The third kappa shape index (κ3) is 6.27. The van der Waals surface area contributed by atoms with E-state index in [1.807, 2.05) is 0 Å². The smallest absolute Gasteiger partial charge is 0.326 e. The summed E-state index contributed by atoms with van der Waals surface area (Å²) in [5, 5.41) is 5.44. The lowest BCUT2D eigenvalue weighted by Crippen LogP contribution is -2.46. The Labute approximate surface area is 159 Å². The summed E-state index contributed by atoms with van der Waals surface area (Å²) >= 11 is 0. The second-order valence-corrected chi connectivity index (χ2v) is 6.92. The average Bonchev–Trinajstić information content (AvgIpc) is 2.67. The van der Waals surface area contributed by atoms with Crippen LogP contribution in [0, 0.1) is 5.92 Å². The molecule has 1 aromatic rings. The third-order valence-corrected chi connectivity index (χ3v) is 4.86. The lowest BCUT2D eigenvalue weighted by molar-refractivity contribution is -0.154. The number of carbonyl (C=O) groups excluding carboxylic acids is 3. The highest BCUT2D eigenvalue weighted by atomic mass is 16.5. The Hall–Kier alpha value is -2.57. The third-order valence-electron chi connectivity index (χ3n) is 4.86. The lowest BCUT2D eigenvalue weighted by Gasteiger charge is -2.30. The van der Waals surface area contributed by atoms with Crippen LogP contribution >= 0.6 is 0 Å². The second-order valence-electron chi connectivity index (χ2n) is 6.92. The van der Waals surface area contributed by atoms with E-state index in [9.17, 15) is 14.4 Å². The van der Waals surface area contributed by atoms with Gasteiger partial charge in [-0.2, -0.15) is 0 Å². The van der Waals surface area contributed by atoms with Crippen molar-refractivity contribution < 1.29 is 23.9 Å². The minimum absolute atomic E-state index is 0.127. The van der Waals surface area contributed by atoms with Crippen LogP contribution in [0.15, 0.2) is 24.3 Å². The highest BCUT2D eigenvalue weighted by molar-refractivity contribution is 5.96. The number of nitrogens with one attached hydrogen (secondary N) is 2. The Kier molecular flexibility index (Phi) is 7.64. The molecule has 0 spiro atoms. The van der Waals surface area contributed by atoms with E-state index in [1.165, 1.54) is 20.5 Å². The van der Waals surface area contributed by atoms with Crippen molar-refractivity contribution in [3.8, 4) is 5.75 Å². The number of amides is 2. The Balaban J connectivity index is 1.75. The molecule has 3 unspecified atom stereocenters. The van der Waals surface area contributed by atoms with Gasteiger partial charge in [0, 0.05) is 11.6 Å². The van der Waals surface area contributed by atoms with E-state index in [1.54, 1.807) is 24.3 Å². The molecule has 27 heavy (non-hydrogen) atoms. The second kappa shape index (κ2) is 9.94. The zero-order valence-electron chi connectivity index (χ0n) is 16.1. The van der Waals surface area contributed by atoms with Gasteiger partial charge in [-0.25, -0.2) is 0 Å². The molecule has 2 N–H and O–H groups in total. The van der Waals surface area contributed by atoms with Crippen LogP contribution in [0.1, 0.15) is 49.9 Å². The number of carbonyl (C=O) groups is 3. The van der Waals surface area contributed by atoms with Crippen molar-refractivity contribution >= 4 is 17.8 Å². The van der Waals surface area contributed by atoms with Gasteiger partial charge in [0.25, 0.3) is 11.8 Å². The molecular weight excluding hydrogens is 348 g/mol. The van der Waals surface area contributed by atoms with Crippen LogP contribution in [-0.4, -0.2) is 43.6 Å². The summed E-state index contributed by atoms with van der Waals surface area (Å²) in [6.45, 7) is 3.35. The topological polar surface area (TPSA) is 93.7 Å². The van der Waals surface area contributed by atoms with Crippen molar-refractivity contribution in [3.63, 3.8) is 0 Å². The Morgan fingerprint density at radius 1 is 1.15 bits per heavy atom. The summed E-state index contributed by atoms with van der Waals surface area (Å²) in [7, 11) is 1.54. The number of methoxy groups -OCH3 is 1. The van der Waals surface area contributed by atoms with Gasteiger partial charge in [0.05, 0.1) is 7.11 Å². The standard InChI is InChI=1S/C20H28N2O5/c1-13-6-4-5-7-17(13)22-19(24)14(2)27-18(23)12-21-20(25)15-8-10-16(26-3)11-9-15/h8-11,13-14,17H,4-7,12H2,1-3H3,(H,21,25)(H,22,24). The van der Waals surface area contributed by atoms with E-state index in [2.05, 4.69) is 17.6 Å². The maximum Gasteiger partial charge on any atom is 0.326 e. The van der Waals surface area contributed by atoms with Gasteiger partial charge in [-0.3, -0.25) is 14.4 Å². The van der Waals surface area contributed by atoms with Crippen LogP contribution in [-0.2, 0) is 14.3 Å². The van der Waals surface area contributed by atoms with Gasteiger partial charge < -0.3 is 20.1 Å². The number of esters is 1. The molecule has 1 aromatic carbocycles. The summed E-state index contributed by atoms with van der Waals surface area (Å²) in [5.41, 5.74) is 0.403. The average molecular weight is 376 g/mol. The first kappa shape index (κ1) is 20.7. The molecule has 0 radical (unpaired) electrons. The van der Waals surface area contributed by atoms with Gasteiger partial charge in [0.15, 0.2) is 6.10 Å². The molecule has 2 amide bonds. The quantitative estimate of drug-likeness (QED) is 0.711. The fourth-order valence-corrected chi connectivity index (χ4v) is 3.12. The zero-order chi connectivity index (χ0) is 19.8. The molecule has 0 bridgehead atoms. The molecule has 1 aliphatic rings. The molecular formula is C20H28N2O5. The largest absolute Gasteiger partial charge is 0.497 e. The molecule has 7 heteroatoms. The SMILES string of the molecule is COc1ccc(C(=O)NCC(=O)OC(C)C(=O)NC2CCCCC2C)cc1. The van der Waals surface area contributed by atoms with Crippen molar-refractivity contribution in [1.82, 2.24) is 10.6 Å². The summed E-state index contributed by atoms with van der Waals surface area (Å²) in [6, 6.07) is 6.64. The van der Waals surface area contributed by atoms with Crippen LogP contribution in [0.2, 0.25) is 0 Å². The molecule has 0 aromatic heterocycles.